The number of aromatic nitrogens is 5. The number of alkyl halides is 3. The Hall–Kier alpha value is -3.18. The molecule has 0 aliphatic rings. The topological polar surface area (TPSA) is 85.6 Å². The fraction of sp³-hybridized carbons (Fsp3) is 0.105. The van der Waals surface area contributed by atoms with Crippen molar-refractivity contribution in [2.45, 2.75) is 11.2 Å². The van der Waals surface area contributed by atoms with Gasteiger partial charge in [-0.2, -0.15) is 18.3 Å². The third-order valence-electron chi connectivity index (χ3n) is 4.10. The molecule has 1 aromatic carbocycles. The monoisotopic (exact) mass is 464 g/mol. The van der Waals surface area contributed by atoms with E-state index >= 15 is 0 Å². The van der Waals surface area contributed by atoms with Gasteiger partial charge in [-0.1, -0.05) is 41.6 Å². The number of rotatable bonds is 5. The van der Waals surface area contributed by atoms with E-state index in [1.807, 2.05) is 30.3 Å². The minimum atomic E-state index is -4.57. The van der Waals surface area contributed by atoms with E-state index < -0.39 is 17.6 Å². The van der Waals surface area contributed by atoms with Crippen LogP contribution in [0.5, 0.6) is 0 Å². The lowest BCUT2D eigenvalue weighted by molar-refractivity contribution is -0.137. The Kier molecular flexibility index (Phi) is 5.79. The maximum Gasteiger partial charge on any atom is 0.417 e. The zero-order chi connectivity index (χ0) is 22.0. The summed E-state index contributed by atoms with van der Waals surface area (Å²) in [5.74, 6) is -0.715. The maximum atomic E-state index is 12.7. The van der Waals surface area contributed by atoms with Crippen molar-refractivity contribution < 1.29 is 18.0 Å². The molecule has 0 aliphatic carbocycles. The van der Waals surface area contributed by atoms with Gasteiger partial charge >= 0.3 is 6.18 Å². The van der Waals surface area contributed by atoms with Gasteiger partial charge in [-0.15, -0.1) is 0 Å². The Morgan fingerprint density at radius 3 is 2.61 bits per heavy atom. The van der Waals surface area contributed by atoms with Crippen LogP contribution < -0.4 is 5.32 Å². The fourth-order valence-electron chi connectivity index (χ4n) is 2.68. The third kappa shape index (κ3) is 4.62. The van der Waals surface area contributed by atoms with Gasteiger partial charge in [-0.25, -0.2) is 19.6 Å². The lowest BCUT2D eigenvalue weighted by atomic mass is 10.3. The summed E-state index contributed by atoms with van der Waals surface area (Å²) in [5, 5.41) is 7.64. The number of anilines is 1. The molecule has 3 aromatic heterocycles. The number of carbonyl (C=O) groups excluding carboxylic acids is 1. The van der Waals surface area contributed by atoms with Gasteiger partial charge in [0.15, 0.2) is 11.5 Å². The van der Waals surface area contributed by atoms with E-state index in [1.54, 1.807) is 10.9 Å². The summed E-state index contributed by atoms with van der Waals surface area (Å²) in [7, 11) is 0. The highest BCUT2D eigenvalue weighted by Gasteiger charge is 2.31. The van der Waals surface area contributed by atoms with Gasteiger partial charge in [0.1, 0.15) is 11.4 Å². The molecular formula is C19H12ClF3N6OS. The van der Waals surface area contributed by atoms with Gasteiger partial charge in [0.05, 0.1) is 33.6 Å². The summed E-state index contributed by atoms with van der Waals surface area (Å²) in [6, 6.07) is 10.1. The van der Waals surface area contributed by atoms with Gasteiger partial charge in [0.25, 0.3) is 0 Å². The zero-order valence-corrected chi connectivity index (χ0v) is 17.0. The smallest absolute Gasteiger partial charge is 0.309 e. The van der Waals surface area contributed by atoms with Crippen LogP contribution in [-0.4, -0.2) is 36.4 Å². The second kappa shape index (κ2) is 8.52. The molecule has 31 heavy (non-hydrogen) atoms. The molecule has 158 valence electrons. The van der Waals surface area contributed by atoms with Crippen molar-refractivity contribution in [2.24, 2.45) is 0 Å². The second-order valence-corrected chi connectivity index (χ2v) is 7.57. The number of carbonyl (C=O) groups is 1. The minimum Gasteiger partial charge on any atom is -0.309 e. The van der Waals surface area contributed by atoms with Crippen LogP contribution in [0.25, 0.3) is 16.7 Å². The normalized spacial score (nSPS) is 11.6. The van der Waals surface area contributed by atoms with E-state index in [0.717, 1.165) is 17.4 Å². The molecule has 0 bridgehead atoms. The number of fused-ring (bicyclic) bond motifs is 1. The van der Waals surface area contributed by atoms with Gasteiger partial charge in [-0.3, -0.25) is 4.79 Å². The summed E-state index contributed by atoms with van der Waals surface area (Å²) >= 11 is 6.95. The van der Waals surface area contributed by atoms with Crippen LogP contribution in [0.2, 0.25) is 5.02 Å². The number of benzene rings is 1. The SMILES string of the molecule is O=C(CSc1ncnc2c1cnn2-c1ccccc1)Nc1ncc(C(F)(F)F)cc1Cl. The molecule has 0 saturated heterocycles. The highest BCUT2D eigenvalue weighted by atomic mass is 35.5. The lowest BCUT2D eigenvalue weighted by Crippen LogP contribution is -2.16. The molecule has 12 heteroatoms. The van der Waals surface area contributed by atoms with E-state index in [0.29, 0.717) is 28.3 Å². The Morgan fingerprint density at radius 1 is 1.13 bits per heavy atom. The lowest BCUT2D eigenvalue weighted by Gasteiger charge is -2.10. The van der Waals surface area contributed by atoms with Crippen molar-refractivity contribution in [1.29, 1.82) is 0 Å². The second-order valence-electron chi connectivity index (χ2n) is 6.20. The molecule has 4 aromatic rings. The average molecular weight is 465 g/mol. The number of nitrogens with zero attached hydrogens (tertiary/aromatic N) is 5. The number of pyridine rings is 1. The molecule has 1 amide bonds. The van der Waals surface area contributed by atoms with Crippen molar-refractivity contribution in [3.05, 3.63) is 65.7 Å². The van der Waals surface area contributed by atoms with E-state index in [2.05, 4.69) is 25.4 Å². The van der Waals surface area contributed by atoms with Gasteiger partial charge in [0, 0.05) is 6.20 Å². The largest absolute Gasteiger partial charge is 0.417 e. The minimum absolute atomic E-state index is 0.0678. The third-order valence-corrected chi connectivity index (χ3v) is 5.39. The highest BCUT2D eigenvalue weighted by molar-refractivity contribution is 8.00. The Morgan fingerprint density at radius 2 is 1.90 bits per heavy atom. The molecule has 0 aliphatic heterocycles. The molecule has 0 radical (unpaired) electrons. The van der Waals surface area contributed by atoms with E-state index in [1.165, 1.54) is 6.33 Å². The summed E-state index contributed by atoms with van der Waals surface area (Å²) in [4.78, 5) is 24.3. The van der Waals surface area contributed by atoms with E-state index in [-0.39, 0.29) is 16.6 Å². The first-order chi connectivity index (χ1) is 14.8. The number of hydrogen-bond acceptors (Lipinski definition) is 6. The van der Waals surface area contributed by atoms with Gasteiger partial charge < -0.3 is 5.32 Å². The standard InChI is InChI=1S/C19H12ClF3N6OS/c20-14-6-11(19(21,22)23)7-24-16(14)28-15(30)9-31-18-13-8-27-29(17(13)25-10-26-18)12-4-2-1-3-5-12/h1-8,10H,9H2,(H,24,28,30). The van der Waals surface area contributed by atoms with Crippen LogP contribution in [0, 0.1) is 0 Å². The van der Waals surface area contributed by atoms with Crippen LogP contribution >= 0.6 is 23.4 Å². The number of halogens is 4. The van der Waals surface area contributed by atoms with Gasteiger partial charge in [-0.05, 0) is 18.2 Å². The van der Waals surface area contributed by atoms with Crippen molar-refractivity contribution in [1.82, 2.24) is 24.7 Å². The van der Waals surface area contributed by atoms with Crippen LogP contribution in [0.3, 0.4) is 0 Å². The van der Waals surface area contributed by atoms with Crippen molar-refractivity contribution in [3.8, 4) is 5.69 Å². The van der Waals surface area contributed by atoms with Crippen molar-refractivity contribution in [2.75, 3.05) is 11.1 Å². The molecule has 0 saturated carbocycles. The van der Waals surface area contributed by atoms with Crippen LogP contribution in [0.1, 0.15) is 5.56 Å². The quantitative estimate of drug-likeness (QED) is 0.343. The van der Waals surface area contributed by atoms with Crippen molar-refractivity contribution >= 4 is 46.1 Å². The van der Waals surface area contributed by atoms with E-state index in [4.69, 9.17) is 11.6 Å². The predicted molar refractivity (Wildman–Crippen MR) is 110 cm³/mol. The Labute approximate surface area is 182 Å². The highest BCUT2D eigenvalue weighted by Crippen LogP contribution is 2.32. The first-order valence-corrected chi connectivity index (χ1v) is 10.1. The first-order valence-electron chi connectivity index (χ1n) is 8.72. The summed E-state index contributed by atoms with van der Waals surface area (Å²) in [6.07, 6.45) is -0.979. The van der Waals surface area contributed by atoms with Crippen LogP contribution in [-0.2, 0) is 11.0 Å². The number of nitrogens with one attached hydrogen (secondary N) is 1. The molecular weight excluding hydrogens is 453 g/mol. The van der Waals surface area contributed by atoms with Gasteiger partial charge in [0.2, 0.25) is 5.91 Å². The number of thioether (sulfide) groups is 1. The molecule has 0 spiro atoms. The van der Waals surface area contributed by atoms with Crippen LogP contribution in [0.4, 0.5) is 19.0 Å². The zero-order valence-electron chi connectivity index (χ0n) is 15.5. The first kappa shape index (κ1) is 21.1. The number of amides is 1. The van der Waals surface area contributed by atoms with Crippen LogP contribution in [0.15, 0.2) is 60.1 Å². The summed E-state index contributed by atoms with van der Waals surface area (Å²) < 4.78 is 39.8. The number of hydrogen-bond donors (Lipinski definition) is 1. The molecule has 1 N–H and O–H groups in total. The molecule has 0 unspecified atom stereocenters. The molecule has 4 rings (SSSR count). The van der Waals surface area contributed by atoms with E-state index in [9.17, 15) is 18.0 Å². The molecule has 0 fully saturated rings. The summed E-state index contributed by atoms with van der Waals surface area (Å²) in [6.45, 7) is 0. The fourth-order valence-corrected chi connectivity index (χ4v) is 3.66. The molecule has 0 atom stereocenters. The summed E-state index contributed by atoms with van der Waals surface area (Å²) in [5.41, 5.74) is 0.410. The number of para-hydroxylation sites is 1. The predicted octanol–water partition coefficient (Wildman–Crippen LogP) is 4.61. The molecule has 7 nitrogen and oxygen atoms in total. The Bertz CT molecular complexity index is 1250. The Balaban J connectivity index is 1.47. The average Bonchev–Trinajstić information content (AvgIpc) is 3.18. The maximum absolute atomic E-state index is 12.7. The molecule has 3 heterocycles. The van der Waals surface area contributed by atoms with Crippen molar-refractivity contribution in [3.63, 3.8) is 0 Å².